The number of aromatic nitrogens is 3. The lowest BCUT2D eigenvalue weighted by atomic mass is 10.0. The molecule has 2 heterocycles. The van der Waals surface area contributed by atoms with E-state index >= 15 is 0 Å². The molecule has 0 fully saturated rings. The molecule has 0 amide bonds. The molecule has 124 valence electrons. The summed E-state index contributed by atoms with van der Waals surface area (Å²) in [5, 5.41) is 14.4. The van der Waals surface area contributed by atoms with Gasteiger partial charge in [-0.2, -0.15) is 0 Å². The van der Waals surface area contributed by atoms with E-state index in [0.717, 1.165) is 5.56 Å². The summed E-state index contributed by atoms with van der Waals surface area (Å²) in [6.45, 7) is 5.55. The van der Waals surface area contributed by atoms with E-state index in [9.17, 15) is 14.7 Å². The number of carboxylic acids is 1. The van der Waals surface area contributed by atoms with Crippen LogP contribution in [0.2, 0.25) is 5.02 Å². The first-order valence-corrected chi connectivity index (χ1v) is 7.82. The molecule has 0 bridgehead atoms. The molecule has 2 N–H and O–H groups in total. The van der Waals surface area contributed by atoms with Crippen molar-refractivity contribution in [2.75, 3.05) is 0 Å². The van der Waals surface area contributed by atoms with Crippen LogP contribution in [0.5, 0.6) is 0 Å². The zero-order valence-corrected chi connectivity index (χ0v) is 14.2. The molecule has 0 aliphatic heterocycles. The van der Waals surface area contributed by atoms with E-state index in [4.69, 9.17) is 11.6 Å². The Labute approximate surface area is 142 Å². The molecule has 24 heavy (non-hydrogen) atoms. The summed E-state index contributed by atoms with van der Waals surface area (Å²) in [6.07, 6.45) is 1.38. The SMILES string of the molecule is Cc1cc(-c2nn3cc(C(=O)O)c(C(C)C)c3c(=O)[nH]2)ccc1Cl. The molecule has 3 aromatic rings. The predicted molar refractivity (Wildman–Crippen MR) is 92.0 cm³/mol. The molecule has 0 saturated heterocycles. The summed E-state index contributed by atoms with van der Waals surface area (Å²) >= 11 is 6.03. The van der Waals surface area contributed by atoms with Gasteiger partial charge in [0.2, 0.25) is 0 Å². The van der Waals surface area contributed by atoms with Crippen LogP contribution in [0.25, 0.3) is 16.9 Å². The summed E-state index contributed by atoms with van der Waals surface area (Å²) in [5.41, 5.74) is 2.02. The first-order chi connectivity index (χ1) is 11.3. The van der Waals surface area contributed by atoms with Crippen LogP contribution in [0, 0.1) is 6.92 Å². The number of carbonyl (C=O) groups is 1. The topological polar surface area (TPSA) is 87.5 Å². The maximum atomic E-state index is 12.6. The van der Waals surface area contributed by atoms with Crippen LogP contribution in [0.3, 0.4) is 0 Å². The first kappa shape index (κ1) is 16.3. The summed E-state index contributed by atoms with van der Waals surface area (Å²) in [6, 6.07) is 5.30. The highest BCUT2D eigenvalue weighted by Gasteiger charge is 2.22. The van der Waals surface area contributed by atoms with E-state index in [0.29, 0.717) is 22.0 Å². The maximum Gasteiger partial charge on any atom is 0.337 e. The van der Waals surface area contributed by atoms with Gasteiger partial charge in [0.25, 0.3) is 5.56 Å². The number of aromatic carboxylic acids is 1. The fraction of sp³-hybridized carbons (Fsp3) is 0.235. The summed E-state index contributed by atoms with van der Waals surface area (Å²) in [5.74, 6) is -0.838. The van der Waals surface area contributed by atoms with Crippen LogP contribution >= 0.6 is 11.6 Å². The van der Waals surface area contributed by atoms with Gasteiger partial charge in [-0.15, -0.1) is 5.10 Å². The number of rotatable bonds is 3. The number of carboxylic acid groups (broad SMARTS) is 1. The highest BCUT2D eigenvalue weighted by atomic mass is 35.5. The van der Waals surface area contributed by atoms with Gasteiger partial charge in [0, 0.05) is 22.3 Å². The Balaban J connectivity index is 2.30. The normalized spacial score (nSPS) is 11.4. The van der Waals surface area contributed by atoms with Crippen molar-refractivity contribution in [1.82, 2.24) is 14.6 Å². The molecule has 0 aliphatic carbocycles. The molecule has 0 saturated carbocycles. The van der Waals surface area contributed by atoms with Gasteiger partial charge in [0.15, 0.2) is 5.82 Å². The molecule has 0 radical (unpaired) electrons. The Morgan fingerprint density at radius 1 is 1.38 bits per heavy atom. The number of aromatic amines is 1. The van der Waals surface area contributed by atoms with Crippen LogP contribution in [0.15, 0.2) is 29.2 Å². The van der Waals surface area contributed by atoms with Crippen LogP contribution in [-0.2, 0) is 0 Å². The van der Waals surface area contributed by atoms with Crippen LogP contribution in [0.4, 0.5) is 0 Å². The highest BCUT2D eigenvalue weighted by molar-refractivity contribution is 6.31. The fourth-order valence-electron chi connectivity index (χ4n) is 2.79. The van der Waals surface area contributed by atoms with E-state index in [1.807, 2.05) is 26.8 Å². The standard InChI is InChI=1S/C17H16ClN3O3/c1-8(2)13-11(17(23)24)7-21-14(13)16(22)19-15(20-21)10-4-5-12(18)9(3)6-10/h4-8H,1-3H3,(H,23,24)(H,19,20,22). The summed E-state index contributed by atoms with van der Waals surface area (Å²) in [7, 11) is 0. The molecular weight excluding hydrogens is 330 g/mol. The number of hydrogen-bond acceptors (Lipinski definition) is 3. The third-order valence-electron chi connectivity index (χ3n) is 3.92. The van der Waals surface area contributed by atoms with Gasteiger partial charge in [0.1, 0.15) is 5.52 Å². The fourth-order valence-corrected chi connectivity index (χ4v) is 2.91. The number of H-pyrrole nitrogens is 1. The minimum absolute atomic E-state index is 0.0902. The molecule has 0 spiro atoms. The van der Waals surface area contributed by atoms with Gasteiger partial charge in [-0.05, 0) is 36.6 Å². The van der Waals surface area contributed by atoms with Crippen molar-refractivity contribution in [3.8, 4) is 11.4 Å². The molecule has 3 rings (SSSR count). The third kappa shape index (κ3) is 2.59. The molecule has 0 atom stereocenters. The van der Waals surface area contributed by atoms with Crippen LogP contribution < -0.4 is 5.56 Å². The van der Waals surface area contributed by atoms with E-state index in [1.165, 1.54) is 10.7 Å². The minimum atomic E-state index is -1.08. The molecule has 7 heteroatoms. The number of hydrogen-bond donors (Lipinski definition) is 2. The van der Waals surface area contributed by atoms with Crippen molar-refractivity contribution in [2.45, 2.75) is 26.7 Å². The summed E-state index contributed by atoms with van der Waals surface area (Å²) < 4.78 is 1.34. The Hall–Kier alpha value is -2.60. The predicted octanol–water partition coefficient (Wildman–Crippen LogP) is 3.47. The van der Waals surface area contributed by atoms with Crippen LogP contribution in [-0.4, -0.2) is 25.7 Å². The lowest BCUT2D eigenvalue weighted by Crippen LogP contribution is -2.15. The number of benzene rings is 1. The third-order valence-corrected chi connectivity index (χ3v) is 4.34. The molecule has 6 nitrogen and oxygen atoms in total. The zero-order valence-electron chi connectivity index (χ0n) is 13.4. The monoisotopic (exact) mass is 345 g/mol. The van der Waals surface area contributed by atoms with E-state index in [-0.39, 0.29) is 22.6 Å². The van der Waals surface area contributed by atoms with Crippen molar-refractivity contribution in [3.63, 3.8) is 0 Å². The number of nitrogens with zero attached hydrogens (tertiary/aromatic N) is 2. The number of fused-ring (bicyclic) bond motifs is 1. The van der Waals surface area contributed by atoms with Crippen molar-refractivity contribution in [2.24, 2.45) is 0 Å². The van der Waals surface area contributed by atoms with Crippen molar-refractivity contribution in [3.05, 3.63) is 56.5 Å². The molecule has 0 unspecified atom stereocenters. The van der Waals surface area contributed by atoms with Gasteiger partial charge >= 0.3 is 5.97 Å². The maximum absolute atomic E-state index is 12.6. The van der Waals surface area contributed by atoms with Crippen molar-refractivity contribution in [1.29, 1.82) is 0 Å². The average molecular weight is 346 g/mol. The van der Waals surface area contributed by atoms with Gasteiger partial charge in [-0.25, -0.2) is 9.31 Å². The Morgan fingerprint density at radius 3 is 2.67 bits per heavy atom. The van der Waals surface area contributed by atoms with Gasteiger partial charge in [0.05, 0.1) is 5.56 Å². The second kappa shape index (κ2) is 5.79. The van der Waals surface area contributed by atoms with Crippen molar-refractivity contribution < 1.29 is 9.90 Å². The molecule has 2 aromatic heterocycles. The Kier molecular flexibility index (Phi) is 3.93. The second-order valence-corrected chi connectivity index (χ2v) is 6.38. The van der Waals surface area contributed by atoms with E-state index in [1.54, 1.807) is 12.1 Å². The molecule has 0 aliphatic rings. The Bertz CT molecular complexity index is 1020. The lowest BCUT2D eigenvalue weighted by Gasteiger charge is -2.07. The molecular formula is C17H16ClN3O3. The lowest BCUT2D eigenvalue weighted by molar-refractivity contribution is 0.0695. The zero-order chi connectivity index (χ0) is 17.6. The average Bonchev–Trinajstić information content (AvgIpc) is 2.90. The number of halogens is 1. The highest BCUT2D eigenvalue weighted by Crippen LogP contribution is 2.26. The Morgan fingerprint density at radius 2 is 2.08 bits per heavy atom. The quantitative estimate of drug-likeness (QED) is 0.760. The van der Waals surface area contributed by atoms with Gasteiger partial charge in [-0.1, -0.05) is 25.4 Å². The largest absolute Gasteiger partial charge is 0.478 e. The smallest absolute Gasteiger partial charge is 0.337 e. The van der Waals surface area contributed by atoms with Crippen LogP contribution in [0.1, 0.15) is 41.3 Å². The first-order valence-electron chi connectivity index (χ1n) is 7.45. The number of aryl methyl sites for hydroxylation is 1. The minimum Gasteiger partial charge on any atom is -0.478 e. The van der Waals surface area contributed by atoms with Crippen molar-refractivity contribution >= 4 is 23.1 Å². The van der Waals surface area contributed by atoms with Gasteiger partial charge < -0.3 is 10.1 Å². The number of nitrogens with one attached hydrogen (secondary N) is 1. The summed E-state index contributed by atoms with van der Waals surface area (Å²) in [4.78, 5) is 26.8. The van der Waals surface area contributed by atoms with E-state index in [2.05, 4.69) is 10.1 Å². The second-order valence-electron chi connectivity index (χ2n) is 5.98. The van der Waals surface area contributed by atoms with Gasteiger partial charge in [-0.3, -0.25) is 4.79 Å². The van der Waals surface area contributed by atoms with E-state index < -0.39 is 5.97 Å². The molecule has 1 aromatic carbocycles.